The van der Waals surface area contributed by atoms with Crippen molar-refractivity contribution >= 4 is 18.0 Å². The van der Waals surface area contributed by atoms with Crippen LogP contribution < -0.4 is 10.6 Å². The number of aliphatic carboxylic acids is 2. The number of carbonyl (C=O) groups excluding carboxylic acids is 1. The molecule has 108 valence electrons. The molecular formula is C12H20N2O5. The van der Waals surface area contributed by atoms with Gasteiger partial charge < -0.3 is 20.8 Å². The van der Waals surface area contributed by atoms with Crippen molar-refractivity contribution < 1.29 is 24.6 Å². The third-order valence-electron chi connectivity index (χ3n) is 3.58. The van der Waals surface area contributed by atoms with Crippen LogP contribution in [0.1, 0.15) is 39.0 Å². The molecule has 0 aromatic rings. The highest BCUT2D eigenvalue weighted by atomic mass is 16.4. The highest BCUT2D eigenvalue weighted by molar-refractivity contribution is 5.83. The SMILES string of the molecule is CCC1(CNC(=O)N[C@@H](CCC(=O)O)C(=O)O)CC1. The molecule has 2 amide bonds. The number of carbonyl (C=O) groups is 3. The van der Waals surface area contributed by atoms with E-state index in [9.17, 15) is 14.4 Å². The smallest absolute Gasteiger partial charge is 0.326 e. The van der Waals surface area contributed by atoms with Gasteiger partial charge in [-0.15, -0.1) is 0 Å². The summed E-state index contributed by atoms with van der Waals surface area (Å²) < 4.78 is 0. The number of hydrogen-bond acceptors (Lipinski definition) is 3. The molecule has 1 fully saturated rings. The van der Waals surface area contributed by atoms with Crippen molar-refractivity contribution in [2.45, 2.75) is 45.1 Å². The molecule has 4 N–H and O–H groups in total. The molecule has 0 aliphatic heterocycles. The third-order valence-corrected chi connectivity index (χ3v) is 3.58. The summed E-state index contributed by atoms with van der Waals surface area (Å²) in [5, 5.41) is 22.3. The molecule has 0 bridgehead atoms. The first-order chi connectivity index (χ1) is 8.88. The molecule has 1 saturated carbocycles. The molecule has 0 aromatic carbocycles. The van der Waals surface area contributed by atoms with E-state index < -0.39 is 24.0 Å². The van der Waals surface area contributed by atoms with Gasteiger partial charge in [0, 0.05) is 13.0 Å². The van der Waals surface area contributed by atoms with Crippen molar-refractivity contribution in [2.75, 3.05) is 6.54 Å². The van der Waals surface area contributed by atoms with Gasteiger partial charge in [0.25, 0.3) is 0 Å². The maximum absolute atomic E-state index is 11.6. The lowest BCUT2D eigenvalue weighted by atomic mass is 10.0. The van der Waals surface area contributed by atoms with E-state index in [1.807, 2.05) is 0 Å². The Hall–Kier alpha value is -1.79. The van der Waals surface area contributed by atoms with Crippen molar-refractivity contribution in [3.63, 3.8) is 0 Å². The fraction of sp³-hybridized carbons (Fsp3) is 0.750. The Bertz CT molecular complexity index is 365. The summed E-state index contributed by atoms with van der Waals surface area (Å²) in [6.07, 6.45) is 2.71. The number of nitrogens with one attached hydrogen (secondary N) is 2. The van der Waals surface area contributed by atoms with Gasteiger partial charge in [-0.25, -0.2) is 9.59 Å². The summed E-state index contributed by atoms with van der Waals surface area (Å²) in [5.41, 5.74) is 0.178. The van der Waals surface area contributed by atoms with Crippen LogP contribution in [-0.2, 0) is 9.59 Å². The van der Waals surface area contributed by atoms with Crippen molar-refractivity contribution in [3.8, 4) is 0 Å². The van der Waals surface area contributed by atoms with Crippen LogP contribution in [0, 0.1) is 5.41 Å². The zero-order valence-corrected chi connectivity index (χ0v) is 10.9. The molecule has 0 unspecified atom stereocenters. The highest BCUT2D eigenvalue weighted by Gasteiger charge is 2.40. The summed E-state index contributed by atoms with van der Waals surface area (Å²) in [6.45, 7) is 2.58. The van der Waals surface area contributed by atoms with E-state index in [1.165, 1.54) is 0 Å². The zero-order chi connectivity index (χ0) is 14.5. The second-order valence-corrected chi connectivity index (χ2v) is 5.00. The summed E-state index contributed by atoms with van der Waals surface area (Å²) in [5.74, 6) is -2.32. The summed E-state index contributed by atoms with van der Waals surface area (Å²) in [7, 11) is 0. The molecule has 0 radical (unpaired) electrons. The Kier molecular flexibility index (Phi) is 5.14. The molecule has 1 atom stereocenters. The average molecular weight is 272 g/mol. The summed E-state index contributed by atoms with van der Waals surface area (Å²) in [4.78, 5) is 32.8. The third kappa shape index (κ3) is 5.15. The Morgan fingerprint density at radius 2 is 1.89 bits per heavy atom. The lowest BCUT2D eigenvalue weighted by Crippen LogP contribution is -2.47. The van der Waals surface area contributed by atoms with E-state index >= 15 is 0 Å². The molecular weight excluding hydrogens is 252 g/mol. The first kappa shape index (κ1) is 15.3. The van der Waals surface area contributed by atoms with Gasteiger partial charge in [-0.2, -0.15) is 0 Å². The molecule has 19 heavy (non-hydrogen) atoms. The topological polar surface area (TPSA) is 116 Å². The van der Waals surface area contributed by atoms with Gasteiger partial charge in [-0.1, -0.05) is 6.92 Å². The monoisotopic (exact) mass is 272 g/mol. The lowest BCUT2D eigenvalue weighted by Gasteiger charge is -2.17. The average Bonchev–Trinajstić information content (AvgIpc) is 3.12. The van der Waals surface area contributed by atoms with E-state index in [0.717, 1.165) is 19.3 Å². The van der Waals surface area contributed by atoms with Crippen molar-refractivity contribution in [2.24, 2.45) is 5.41 Å². The number of amides is 2. The van der Waals surface area contributed by atoms with Gasteiger partial charge in [0.1, 0.15) is 6.04 Å². The predicted molar refractivity (Wildman–Crippen MR) is 66.8 cm³/mol. The van der Waals surface area contributed by atoms with Crippen LogP contribution in [0.5, 0.6) is 0 Å². The first-order valence-electron chi connectivity index (χ1n) is 6.37. The van der Waals surface area contributed by atoms with Crippen molar-refractivity contribution in [3.05, 3.63) is 0 Å². The van der Waals surface area contributed by atoms with Crippen molar-refractivity contribution in [1.82, 2.24) is 10.6 Å². The molecule has 0 spiro atoms. The van der Waals surface area contributed by atoms with Crippen molar-refractivity contribution in [1.29, 1.82) is 0 Å². The van der Waals surface area contributed by atoms with Crippen LogP contribution in [-0.4, -0.2) is 40.8 Å². The molecule has 7 nitrogen and oxygen atoms in total. The second kappa shape index (κ2) is 6.40. The quantitative estimate of drug-likeness (QED) is 0.521. The normalized spacial score (nSPS) is 17.3. The summed E-state index contributed by atoms with van der Waals surface area (Å²) in [6, 6.07) is -1.73. The number of rotatable bonds is 8. The van der Waals surface area contributed by atoms with Gasteiger partial charge in [0.2, 0.25) is 0 Å². The second-order valence-electron chi connectivity index (χ2n) is 5.00. The van der Waals surface area contributed by atoms with E-state index in [1.54, 1.807) is 0 Å². The largest absolute Gasteiger partial charge is 0.481 e. The minimum atomic E-state index is -1.23. The lowest BCUT2D eigenvalue weighted by molar-refractivity contribution is -0.140. The fourth-order valence-corrected chi connectivity index (χ4v) is 1.83. The van der Waals surface area contributed by atoms with E-state index in [2.05, 4.69) is 17.6 Å². The van der Waals surface area contributed by atoms with Crippen LogP contribution in [0.15, 0.2) is 0 Å². The minimum absolute atomic E-state index is 0.128. The Balaban J connectivity index is 2.34. The number of hydrogen-bond donors (Lipinski definition) is 4. The van der Waals surface area contributed by atoms with Gasteiger partial charge in [0.05, 0.1) is 0 Å². The fourth-order valence-electron chi connectivity index (χ4n) is 1.83. The molecule has 0 heterocycles. The van der Waals surface area contributed by atoms with Crippen LogP contribution >= 0.6 is 0 Å². The number of urea groups is 1. The Morgan fingerprint density at radius 1 is 1.26 bits per heavy atom. The maximum Gasteiger partial charge on any atom is 0.326 e. The molecule has 1 aliphatic rings. The van der Waals surface area contributed by atoms with Crippen LogP contribution in [0.4, 0.5) is 4.79 Å². The molecule has 0 aromatic heterocycles. The van der Waals surface area contributed by atoms with Gasteiger partial charge in [-0.05, 0) is 31.1 Å². The molecule has 0 saturated heterocycles. The highest BCUT2D eigenvalue weighted by Crippen LogP contribution is 2.47. The van der Waals surface area contributed by atoms with Gasteiger partial charge >= 0.3 is 18.0 Å². The van der Waals surface area contributed by atoms with Crippen LogP contribution in [0.2, 0.25) is 0 Å². The molecule has 1 rings (SSSR count). The minimum Gasteiger partial charge on any atom is -0.481 e. The van der Waals surface area contributed by atoms with E-state index in [0.29, 0.717) is 6.54 Å². The van der Waals surface area contributed by atoms with Crippen LogP contribution in [0.25, 0.3) is 0 Å². The van der Waals surface area contributed by atoms with Crippen LogP contribution in [0.3, 0.4) is 0 Å². The zero-order valence-electron chi connectivity index (χ0n) is 10.9. The summed E-state index contributed by atoms with van der Waals surface area (Å²) >= 11 is 0. The number of carboxylic acid groups (broad SMARTS) is 2. The standard InChI is InChI=1S/C12H20N2O5/c1-2-12(5-6-12)7-13-11(19)14-8(10(17)18)3-4-9(15)16/h8H,2-7H2,1H3,(H,15,16)(H,17,18)(H2,13,14,19)/t8-/m0/s1. The molecule has 1 aliphatic carbocycles. The van der Waals surface area contributed by atoms with Gasteiger partial charge in [-0.3, -0.25) is 4.79 Å². The van der Waals surface area contributed by atoms with Gasteiger partial charge in [0.15, 0.2) is 0 Å². The maximum atomic E-state index is 11.6. The Labute approximate surface area is 111 Å². The molecule has 7 heteroatoms. The van der Waals surface area contributed by atoms with E-state index in [4.69, 9.17) is 10.2 Å². The first-order valence-corrected chi connectivity index (χ1v) is 6.37. The predicted octanol–water partition coefficient (Wildman–Crippen LogP) is 0.794. The number of carboxylic acids is 2. The Morgan fingerprint density at radius 3 is 2.32 bits per heavy atom. The van der Waals surface area contributed by atoms with E-state index in [-0.39, 0.29) is 18.3 Å².